The number of fused-ring (bicyclic) bond motifs is 1. The average molecular weight is 369 g/mol. The van der Waals surface area contributed by atoms with Gasteiger partial charge in [-0.15, -0.1) is 11.3 Å². The highest BCUT2D eigenvalue weighted by Crippen LogP contribution is 2.33. The van der Waals surface area contributed by atoms with E-state index in [4.69, 9.17) is 0 Å². The van der Waals surface area contributed by atoms with Crippen LogP contribution in [-0.2, 0) is 6.42 Å². The minimum atomic E-state index is 0.117. The molecule has 1 aromatic carbocycles. The molecule has 0 fully saturated rings. The zero-order valence-electron chi connectivity index (χ0n) is 9.89. The molecule has 2 heterocycles. The molecule has 2 nitrogen and oxygen atoms in total. The summed E-state index contributed by atoms with van der Waals surface area (Å²) in [5.74, 6) is 0.117. The SMILES string of the molecule is CC1Cc2ccccc2N1C(=O)c1csc(I)c1. The van der Waals surface area contributed by atoms with Gasteiger partial charge in [0.2, 0.25) is 0 Å². The third kappa shape index (κ3) is 1.97. The number of carbonyl (C=O) groups excluding carboxylic acids is 1. The highest BCUT2D eigenvalue weighted by molar-refractivity contribution is 14.1. The van der Waals surface area contributed by atoms with Crippen molar-refractivity contribution >= 4 is 45.5 Å². The molecule has 0 saturated carbocycles. The number of anilines is 1. The van der Waals surface area contributed by atoms with Crippen LogP contribution >= 0.6 is 33.9 Å². The minimum absolute atomic E-state index is 0.117. The van der Waals surface area contributed by atoms with Gasteiger partial charge in [-0.25, -0.2) is 0 Å². The molecule has 0 N–H and O–H groups in total. The van der Waals surface area contributed by atoms with E-state index in [1.54, 1.807) is 11.3 Å². The highest BCUT2D eigenvalue weighted by atomic mass is 127. The zero-order chi connectivity index (χ0) is 12.7. The number of para-hydroxylation sites is 1. The van der Waals surface area contributed by atoms with E-state index in [2.05, 4.69) is 35.6 Å². The van der Waals surface area contributed by atoms with Crippen LogP contribution in [0.3, 0.4) is 0 Å². The van der Waals surface area contributed by atoms with Gasteiger partial charge in [0.05, 0.1) is 8.45 Å². The van der Waals surface area contributed by atoms with Crippen LogP contribution in [0.15, 0.2) is 35.7 Å². The quantitative estimate of drug-likeness (QED) is 0.698. The van der Waals surface area contributed by atoms with E-state index >= 15 is 0 Å². The minimum Gasteiger partial charge on any atom is -0.305 e. The Labute approximate surface area is 124 Å². The van der Waals surface area contributed by atoms with Crippen molar-refractivity contribution in [3.8, 4) is 0 Å². The predicted octanol–water partition coefficient (Wildman–Crippen LogP) is 3.94. The summed E-state index contributed by atoms with van der Waals surface area (Å²) in [6.45, 7) is 2.11. The standard InChI is InChI=1S/C14H12INOS/c1-9-6-10-4-2-3-5-12(10)16(9)14(17)11-7-13(15)18-8-11/h2-5,7-9H,6H2,1H3. The molecule has 0 radical (unpaired) electrons. The summed E-state index contributed by atoms with van der Waals surface area (Å²) in [4.78, 5) is 14.5. The Hall–Kier alpha value is -0.880. The van der Waals surface area contributed by atoms with E-state index in [-0.39, 0.29) is 11.9 Å². The van der Waals surface area contributed by atoms with E-state index < -0.39 is 0 Å². The average Bonchev–Trinajstić information content (AvgIpc) is 2.91. The van der Waals surface area contributed by atoms with Crippen LogP contribution in [-0.4, -0.2) is 11.9 Å². The predicted molar refractivity (Wildman–Crippen MR) is 83.5 cm³/mol. The summed E-state index contributed by atoms with van der Waals surface area (Å²) >= 11 is 3.86. The van der Waals surface area contributed by atoms with Crippen molar-refractivity contribution in [1.29, 1.82) is 0 Å². The lowest BCUT2D eigenvalue weighted by Crippen LogP contribution is -2.35. The molecule has 92 valence electrons. The Kier molecular flexibility index (Phi) is 3.15. The van der Waals surface area contributed by atoms with Crippen molar-refractivity contribution in [1.82, 2.24) is 0 Å². The van der Waals surface area contributed by atoms with Gasteiger partial charge in [-0.3, -0.25) is 4.79 Å². The first-order valence-corrected chi connectivity index (χ1v) is 7.78. The third-order valence-electron chi connectivity index (χ3n) is 3.24. The highest BCUT2D eigenvalue weighted by Gasteiger charge is 2.31. The molecular formula is C14H12INOS. The van der Waals surface area contributed by atoms with Gasteiger partial charge in [0.25, 0.3) is 5.91 Å². The number of benzene rings is 1. The molecule has 0 bridgehead atoms. The van der Waals surface area contributed by atoms with Gasteiger partial charge in [-0.1, -0.05) is 18.2 Å². The van der Waals surface area contributed by atoms with Crippen molar-refractivity contribution in [3.05, 3.63) is 49.7 Å². The van der Waals surface area contributed by atoms with Gasteiger partial charge in [-0.2, -0.15) is 0 Å². The molecular weight excluding hydrogens is 357 g/mol. The van der Waals surface area contributed by atoms with E-state index in [9.17, 15) is 4.79 Å². The van der Waals surface area contributed by atoms with Crippen molar-refractivity contribution in [2.75, 3.05) is 4.90 Å². The van der Waals surface area contributed by atoms with Crippen LogP contribution in [0.1, 0.15) is 22.8 Å². The monoisotopic (exact) mass is 369 g/mol. The maximum Gasteiger partial charge on any atom is 0.259 e. The van der Waals surface area contributed by atoms with E-state index in [0.29, 0.717) is 0 Å². The molecule has 1 amide bonds. The summed E-state index contributed by atoms with van der Waals surface area (Å²) < 4.78 is 1.15. The van der Waals surface area contributed by atoms with Crippen LogP contribution in [0, 0.1) is 2.88 Å². The molecule has 1 unspecified atom stereocenters. The summed E-state index contributed by atoms with van der Waals surface area (Å²) in [7, 11) is 0. The van der Waals surface area contributed by atoms with Crippen molar-refractivity contribution in [2.24, 2.45) is 0 Å². The molecule has 2 aromatic rings. The summed E-state index contributed by atoms with van der Waals surface area (Å²) in [6.07, 6.45) is 0.948. The lowest BCUT2D eigenvalue weighted by atomic mass is 10.1. The number of nitrogens with zero attached hydrogens (tertiary/aromatic N) is 1. The molecule has 4 heteroatoms. The van der Waals surface area contributed by atoms with Gasteiger partial charge in [-0.05, 0) is 53.6 Å². The Morgan fingerprint density at radius 2 is 2.22 bits per heavy atom. The number of amides is 1. The maximum absolute atomic E-state index is 12.6. The topological polar surface area (TPSA) is 20.3 Å². The molecule has 0 spiro atoms. The van der Waals surface area contributed by atoms with E-state index in [1.165, 1.54) is 5.56 Å². The van der Waals surface area contributed by atoms with Crippen molar-refractivity contribution < 1.29 is 4.79 Å². The second-order valence-electron chi connectivity index (χ2n) is 4.50. The first kappa shape index (κ1) is 12.2. The molecule has 1 atom stereocenters. The molecule has 1 aliphatic rings. The van der Waals surface area contributed by atoms with Gasteiger partial charge in [0.15, 0.2) is 0 Å². The van der Waals surface area contributed by atoms with Gasteiger partial charge in [0, 0.05) is 17.1 Å². The lowest BCUT2D eigenvalue weighted by molar-refractivity contribution is 0.0982. The first-order chi connectivity index (χ1) is 8.66. The molecule has 0 saturated heterocycles. The van der Waals surface area contributed by atoms with Crippen LogP contribution in [0.5, 0.6) is 0 Å². The van der Waals surface area contributed by atoms with Gasteiger partial charge >= 0.3 is 0 Å². The number of hydrogen-bond donors (Lipinski definition) is 0. The second kappa shape index (κ2) is 4.66. The van der Waals surface area contributed by atoms with Crippen molar-refractivity contribution in [3.63, 3.8) is 0 Å². The Morgan fingerprint density at radius 1 is 1.44 bits per heavy atom. The maximum atomic E-state index is 12.6. The van der Waals surface area contributed by atoms with Crippen LogP contribution in [0.2, 0.25) is 0 Å². The Balaban J connectivity index is 2.00. The van der Waals surface area contributed by atoms with Crippen molar-refractivity contribution in [2.45, 2.75) is 19.4 Å². The van der Waals surface area contributed by atoms with Gasteiger partial charge in [0.1, 0.15) is 0 Å². The zero-order valence-corrected chi connectivity index (χ0v) is 12.9. The third-order valence-corrected chi connectivity index (χ3v) is 5.03. The second-order valence-corrected chi connectivity index (χ2v) is 7.30. The fourth-order valence-electron chi connectivity index (χ4n) is 2.44. The molecule has 1 aromatic heterocycles. The molecule has 3 rings (SSSR count). The lowest BCUT2D eigenvalue weighted by Gasteiger charge is -2.22. The van der Waals surface area contributed by atoms with Gasteiger partial charge < -0.3 is 4.90 Å². The van der Waals surface area contributed by atoms with Crippen LogP contribution in [0.25, 0.3) is 0 Å². The van der Waals surface area contributed by atoms with Crippen LogP contribution in [0.4, 0.5) is 5.69 Å². The summed E-state index contributed by atoms with van der Waals surface area (Å²) in [5.41, 5.74) is 3.13. The van der Waals surface area contributed by atoms with Crippen LogP contribution < -0.4 is 4.90 Å². The summed E-state index contributed by atoms with van der Waals surface area (Å²) in [5, 5.41) is 1.94. The summed E-state index contributed by atoms with van der Waals surface area (Å²) in [6, 6.07) is 10.4. The molecule has 1 aliphatic heterocycles. The largest absolute Gasteiger partial charge is 0.305 e. The number of rotatable bonds is 1. The van der Waals surface area contributed by atoms with E-state index in [0.717, 1.165) is 20.6 Å². The first-order valence-electron chi connectivity index (χ1n) is 5.82. The number of hydrogen-bond acceptors (Lipinski definition) is 2. The fourth-order valence-corrected chi connectivity index (χ4v) is 3.76. The molecule has 18 heavy (non-hydrogen) atoms. The Morgan fingerprint density at radius 3 is 2.94 bits per heavy atom. The number of halogens is 1. The van der Waals surface area contributed by atoms with E-state index in [1.807, 2.05) is 34.5 Å². The fraction of sp³-hybridized carbons (Fsp3) is 0.214. The Bertz CT molecular complexity index is 607. The smallest absolute Gasteiger partial charge is 0.259 e. The number of carbonyl (C=O) groups is 1. The normalized spacial score (nSPS) is 17.9. The molecule has 0 aliphatic carbocycles. The number of thiophene rings is 1.